The number of benzene rings is 1. The first kappa shape index (κ1) is 29.7. The van der Waals surface area contributed by atoms with Crippen LogP contribution in [0.1, 0.15) is 59.9 Å². The Morgan fingerprint density at radius 3 is 2.50 bits per heavy atom. The number of hydrogen-bond acceptors (Lipinski definition) is 4. The van der Waals surface area contributed by atoms with Gasteiger partial charge in [0.2, 0.25) is 0 Å². The molecule has 0 spiro atoms. The fraction of sp³-hybridized carbons (Fsp3) is 0.667. The molecule has 1 atom stereocenters. The third-order valence-corrected chi connectivity index (χ3v) is 5.43. The predicted octanol–water partition coefficient (Wildman–Crippen LogP) is 5.30. The summed E-state index contributed by atoms with van der Waals surface area (Å²) in [5.74, 6) is 1.51. The van der Waals surface area contributed by atoms with E-state index in [-0.39, 0.29) is 45.5 Å². The SMILES string of the molecule is C/C=C/COCC(C)CC.CNC1(c2ccc(F)c(OCC3CC3)c2)CC1.CO.[HH].[Y]. The maximum atomic E-state index is 13.6. The van der Waals surface area contributed by atoms with E-state index in [0.717, 1.165) is 38.7 Å². The molecule has 1 aromatic carbocycles. The van der Waals surface area contributed by atoms with Crippen LogP contribution in [-0.4, -0.2) is 39.1 Å². The largest absolute Gasteiger partial charge is 0.490 e. The number of ether oxygens (including phenoxy) is 2. The molecule has 1 unspecified atom stereocenters. The molecule has 0 heterocycles. The topological polar surface area (TPSA) is 50.7 Å². The Balaban J connectivity index is 0. The van der Waals surface area contributed by atoms with E-state index in [4.69, 9.17) is 14.6 Å². The minimum absolute atomic E-state index is 0. The van der Waals surface area contributed by atoms with E-state index in [9.17, 15) is 4.39 Å². The summed E-state index contributed by atoms with van der Waals surface area (Å²) in [6.07, 6.45) is 9.94. The monoisotopic (exact) mass is 500 g/mol. The maximum Gasteiger partial charge on any atom is 0.165 e. The van der Waals surface area contributed by atoms with E-state index in [1.54, 1.807) is 0 Å². The quantitative estimate of drug-likeness (QED) is 0.338. The van der Waals surface area contributed by atoms with Crippen molar-refractivity contribution in [1.82, 2.24) is 5.32 Å². The van der Waals surface area contributed by atoms with Crippen molar-refractivity contribution in [2.24, 2.45) is 11.8 Å². The van der Waals surface area contributed by atoms with Gasteiger partial charge < -0.3 is 19.9 Å². The van der Waals surface area contributed by atoms with E-state index in [1.165, 1.54) is 25.3 Å². The van der Waals surface area contributed by atoms with Gasteiger partial charge >= 0.3 is 0 Å². The van der Waals surface area contributed by atoms with E-state index < -0.39 is 0 Å². The Hall–Kier alpha value is -0.326. The van der Waals surface area contributed by atoms with Crippen LogP contribution in [-0.2, 0) is 43.0 Å². The number of allylic oxidation sites excluding steroid dienone is 1. The van der Waals surface area contributed by atoms with Crippen LogP contribution in [0.15, 0.2) is 30.4 Å². The number of aliphatic hydroxyl groups is 1. The summed E-state index contributed by atoms with van der Waals surface area (Å²) in [7, 11) is 2.96. The first-order valence-electron chi connectivity index (χ1n) is 10.8. The van der Waals surface area contributed by atoms with Crippen LogP contribution in [0, 0.1) is 17.7 Å². The fourth-order valence-corrected chi connectivity index (χ4v) is 2.76. The first-order valence-corrected chi connectivity index (χ1v) is 10.8. The van der Waals surface area contributed by atoms with Gasteiger partial charge in [-0.1, -0.05) is 38.5 Å². The van der Waals surface area contributed by atoms with Crippen LogP contribution in [0.2, 0.25) is 0 Å². The summed E-state index contributed by atoms with van der Waals surface area (Å²) >= 11 is 0. The molecule has 2 aliphatic carbocycles. The molecule has 0 aromatic heterocycles. The van der Waals surface area contributed by atoms with Gasteiger partial charge in [0.25, 0.3) is 0 Å². The van der Waals surface area contributed by atoms with Crippen LogP contribution in [0.3, 0.4) is 0 Å². The summed E-state index contributed by atoms with van der Waals surface area (Å²) < 4.78 is 24.5. The van der Waals surface area contributed by atoms with Crippen LogP contribution in [0.4, 0.5) is 4.39 Å². The van der Waals surface area contributed by atoms with Gasteiger partial charge in [-0.3, -0.25) is 0 Å². The Morgan fingerprint density at radius 1 is 1.33 bits per heavy atom. The third-order valence-electron chi connectivity index (χ3n) is 5.43. The number of aliphatic hydroxyl groups excluding tert-OH is 1. The zero-order valence-corrected chi connectivity index (χ0v) is 22.3. The van der Waals surface area contributed by atoms with Gasteiger partial charge in [-0.2, -0.15) is 0 Å². The van der Waals surface area contributed by atoms with E-state index in [0.29, 0.717) is 24.2 Å². The molecule has 0 bridgehead atoms. The zero-order valence-electron chi connectivity index (χ0n) is 19.4. The maximum absolute atomic E-state index is 13.6. The standard InChI is InChI=1S/C14H18FNO.C9H18O.CH4O.Y.H2/c1-16-14(6-7-14)11-4-5-12(15)13(8-11)17-9-10-2-3-10;1-4-6-7-10-8-9(3)5-2;1-2;;/h4-5,8,10,16H,2-3,6-7,9H2,1H3;4,6,9H,5,7-8H2,1-3H3;2H,1H3;;1H/b;6-4+;;;. The summed E-state index contributed by atoms with van der Waals surface area (Å²) in [4.78, 5) is 0. The Labute approximate surface area is 209 Å². The van der Waals surface area contributed by atoms with E-state index in [1.807, 2.05) is 38.3 Å². The van der Waals surface area contributed by atoms with E-state index >= 15 is 0 Å². The molecular weight excluding hydrogens is 458 g/mol. The van der Waals surface area contributed by atoms with Crippen molar-refractivity contribution in [3.8, 4) is 5.75 Å². The van der Waals surface area contributed by atoms with Crippen LogP contribution in [0.25, 0.3) is 0 Å². The second kappa shape index (κ2) is 16.3. The molecule has 171 valence electrons. The molecule has 0 aliphatic heterocycles. The van der Waals surface area contributed by atoms with E-state index in [2.05, 4.69) is 19.2 Å². The molecule has 6 heteroatoms. The minimum Gasteiger partial charge on any atom is -0.490 e. The van der Waals surface area contributed by atoms with Gasteiger partial charge in [0, 0.05) is 53.4 Å². The van der Waals surface area contributed by atoms with Crippen LogP contribution >= 0.6 is 0 Å². The molecule has 2 fully saturated rings. The van der Waals surface area contributed by atoms with Gasteiger partial charge in [0.05, 0.1) is 13.2 Å². The van der Waals surface area contributed by atoms with Gasteiger partial charge in [-0.05, 0) is 69.2 Å². The Morgan fingerprint density at radius 2 is 2.00 bits per heavy atom. The molecule has 30 heavy (non-hydrogen) atoms. The molecule has 1 radical (unpaired) electrons. The average Bonchev–Trinajstić information content (AvgIpc) is 3.67. The van der Waals surface area contributed by atoms with Crippen molar-refractivity contribution in [2.45, 2.75) is 58.4 Å². The summed E-state index contributed by atoms with van der Waals surface area (Å²) in [6.45, 7) is 8.71. The van der Waals surface area contributed by atoms with Crippen molar-refractivity contribution in [3.05, 3.63) is 41.7 Å². The Kier molecular flexibility index (Phi) is 16.1. The van der Waals surface area contributed by atoms with Gasteiger partial charge in [-0.25, -0.2) is 4.39 Å². The van der Waals surface area contributed by atoms with Crippen molar-refractivity contribution >= 4 is 0 Å². The third kappa shape index (κ3) is 10.8. The normalized spacial score (nSPS) is 17.0. The number of hydrogen-bond donors (Lipinski definition) is 2. The molecule has 2 saturated carbocycles. The smallest absolute Gasteiger partial charge is 0.165 e. The van der Waals surface area contributed by atoms with Gasteiger partial charge in [-0.15, -0.1) is 0 Å². The van der Waals surface area contributed by atoms with Crippen molar-refractivity contribution in [3.63, 3.8) is 0 Å². The molecule has 4 nitrogen and oxygen atoms in total. The first-order chi connectivity index (χ1) is 14.0. The Bertz CT molecular complexity index is 610. The van der Waals surface area contributed by atoms with Gasteiger partial charge in [0.15, 0.2) is 11.6 Å². The number of nitrogens with one attached hydrogen (secondary N) is 1. The van der Waals surface area contributed by atoms with Crippen molar-refractivity contribution in [2.75, 3.05) is 34.0 Å². The summed E-state index contributed by atoms with van der Waals surface area (Å²) in [6, 6.07) is 5.25. The second-order valence-corrected chi connectivity index (χ2v) is 7.85. The molecule has 0 saturated heterocycles. The molecule has 0 amide bonds. The minimum atomic E-state index is -0.249. The molecule has 2 N–H and O–H groups in total. The van der Waals surface area contributed by atoms with Crippen LogP contribution < -0.4 is 10.1 Å². The predicted molar refractivity (Wildman–Crippen MR) is 120 cm³/mol. The fourth-order valence-electron chi connectivity index (χ4n) is 2.76. The van der Waals surface area contributed by atoms with Crippen LogP contribution in [0.5, 0.6) is 5.75 Å². The number of halogens is 1. The average molecular weight is 501 g/mol. The van der Waals surface area contributed by atoms with Crippen molar-refractivity contribution < 1.29 is 53.1 Å². The molecular formula is C24H42FNO3Y. The number of rotatable bonds is 10. The molecule has 3 rings (SSSR count). The summed E-state index contributed by atoms with van der Waals surface area (Å²) in [5.41, 5.74) is 1.22. The zero-order chi connectivity index (χ0) is 21.7. The molecule has 2 aliphatic rings. The van der Waals surface area contributed by atoms with Gasteiger partial charge in [0.1, 0.15) is 0 Å². The molecule has 1 aromatic rings. The van der Waals surface area contributed by atoms with Crippen molar-refractivity contribution in [1.29, 1.82) is 0 Å². The summed E-state index contributed by atoms with van der Waals surface area (Å²) in [5, 5.41) is 10.3. The second-order valence-electron chi connectivity index (χ2n) is 7.85.